The molecular weight excluding hydrogens is 206 g/mol. The van der Waals surface area contributed by atoms with Gasteiger partial charge in [0, 0.05) is 13.7 Å². The van der Waals surface area contributed by atoms with Gasteiger partial charge in [-0.1, -0.05) is 0 Å². The number of anilines is 2. The van der Waals surface area contributed by atoms with Gasteiger partial charge >= 0.3 is 0 Å². The Morgan fingerprint density at radius 2 is 2.19 bits per heavy atom. The Kier molecular flexibility index (Phi) is 5.60. The Morgan fingerprint density at radius 1 is 1.44 bits per heavy atom. The molecule has 1 unspecified atom stereocenters. The van der Waals surface area contributed by atoms with Crippen LogP contribution in [0.2, 0.25) is 0 Å². The fraction of sp³-hybridized carbons (Fsp3) is 0.545. The maximum atomic E-state index is 9.11. The first-order chi connectivity index (χ1) is 7.80. The molecule has 0 aliphatic carbocycles. The topological polar surface area (TPSA) is 66.4 Å². The molecule has 1 heterocycles. The lowest BCUT2D eigenvalue weighted by Gasteiger charge is -2.16. The van der Waals surface area contributed by atoms with Crippen LogP contribution in [0.4, 0.5) is 11.4 Å². The van der Waals surface area contributed by atoms with Gasteiger partial charge in [-0.05, 0) is 13.0 Å². The lowest BCUT2D eigenvalue weighted by molar-refractivity contribution is 0.153. The second-order valence-corrected chi connectivity index (χ2v) is 3.47. The van der Waals surface area contributed by atoms with Gasteiger partial charge in [0.05, 0.1) is 43.0 Å². The molecule has 1 aromatic heterocycles. The van der Waals surface area contributed by atoms with E-state index in [9.17, 15) is 0 Å². The van der Waals surface area contributed by atoms with Gasteiger partial charge in [-0.2, -0.15) is 0 Å². The highest BCUT2D eigenvalue weighted by Crippen LogP contribution is 2.13. The van der Waals surface area contributed by atoms with E-state index in [1.165, 1.54) is 0 Å². The number of ether oxygens (including phenoxy) is 1. The number of aromatic nitrogens is 1. The summed E-state index contributed by atoms with van der Waals surface area (Å²) in [5, 5.41) is 15.4. The van der Waals surface area contributed by atoms with E-state index in [0.717, 1.165) is 17.9 Å². The smallest absolute Gasteiger partial charge is 0.0726 e. The molecule has 5 heteroatoms. The fourth-order valence-corrected chi connectivity index (χ4v) is 1.40. The van der Waals surface area contributed by atoms with E-state index in [2.05, 4.69) is 15.6 Å². The summed E-state index contributed by atoms with van der Waals surface area (Å²) >= 11 is 0. The van der Waals surface area contributed by atoms with Crippen molar-refractivity contribution in [3.8, 4) is 0 Å². The van der Waals surface area contributed by atoms with Crippen LogP contribution >= 0.6 is 0 Å². The van der Waals surface area contributed by atoms with Gasteiger partial charge in [-0.15, -0.1) is 0 Å². The van der Waals surface area contributed by atoms with E-state index in [-0.39, 0.29) is 12.6 Å². The van der Waals surface area contributed by atoms with Crippen LogP contribution in [-0.2, 0) is 4.74 Å². The summed E-state index contributed by atoms with van der Waals surface area (Å²) in [4.78, 5) is 4.10. The molecule has 16 heavy (non-hydrogen) atoms. The quantitative estimate of drug-likeness (QED) is 0.644. The van der Waals surface area contributed by atoms with Crippen molar-refractivity contribution < 1.29 is 9.84 Å². The number of aliphatic hydroxyl groups excluding tert-OH is 1. The van der Waals surface area contributed by atoms with Crippen molar-refractivity contribution in [2.45, 2.75) is 13.0 Å². The van der Waals surface area contributed by atoms with Crippen LogP contribution in [0.1, 0.15) is 6.92 Å². The highest BCUT2D eigenvalue weighted by atomic mass is 16.5. The first-order valence-electron chi connectivity index (χ1n) is 5.35. The highest BCUT2D eigenvalue weighted by molar-refractivity contribution is 5.54. The van der Waals surface area contributed by atoms with Crippen LogP contribution in [0, 0.1) is 0 Å². The summed E-state index contributed by atoms with van der Waals surface area (Å²) < 4.78 is 4.99. The molecule has 0 saturated heterocycles. The second-order valence-electron chi connectivity index (χ2n) is 3.47. The van der Waals surface area contributed by atoms with Gasteiger partial charge in [-0.25, -0.2) is 0 Å². The minimum atomic E-state index is -0.108. The summed E-state index contributed by atoms with van der Waals surface area (Å²) in [5.74, 6) is 0. The SMILES string of the molecule is CCNc1cncc(NC(CO)COC)c1. The maximum Gasteiger partial charge on any atom is 0.0726 e. The second kappa shape index (κ2) is 7.03. The molecule has 5 nitrogen and oxygen atoms in total. The lowest BCUT2D eigenvalue weighted by Crippen LogP contribution is -2.28. The molecule has 1 atom stereocenters. The van der Waals surface area contributed by atoms with Crippen molar-refractivity contribution in [3.63, 3.8) is 0 Å². The summed E-state index contributed by atoms with van der Waals surface area (Å²) in [5.41, 5.74) is 1.83. The largest absolute Gasteiger partial charge is 0.394 e. The molecule has 0 radical (unpaired) electrons. The molecule has 0 aliphatic heterocycles. The molecule has 1 rings (SSSR count). The molecule has 90 valence electrons. The minimum absolute atomic E-state index is 0.0271. The Morgan fingerprint density at radius 3 is 2.81 bits per heavy atom. The standard InChI is InChI=1S/C11H19N3O2/c1-3-13-9-4-10(6-12-5-9)14-11(7-15)8-16-2/h4-6,11,13-15H,3,7-8H2,1-2H3. The normalized spacial score (nSPS) is 12.2. The van der Waals surface area contributed by atoms with Gasteiger partial charge in [0.2, 0.25) is 0 Å². The van der Waals surface area contributed by atoms with Gasteiger partial charge in [-0.3, -0.25) is 4.98 Å². The number of rotatable bonds is 7. The number of aliphatic hydroxyl groups is 1. The van der Waals surface area contributed by atoms with Crippen molar-refractivity contribution in [2.75, 3.05) is 37.5 Å². The molecule has 0 fully saturated rings. The van der Waals surface area contributed by atoms with E-state index in [0.29, 0.717) is 6.61 Å². The fourth-order valence-electron chi connectivity index (χ4n) is 1.40. The monoisotopic (exact) mass is 225 g/mol. The minimum Gasteiger partial charge on any atom is -0.394 e. The first kappa shape index (κ1) is 12.7. The van der Waals surface area contributed by atoms with Crippen molar-refractivity contribution in [1.82, 2.24) is 4.98 Å². The lowest BCUT2D eigenvalue weighted by atomic mass is 10.3. The van der Waals surface area contributed by atoms with Crippen molar-refractivity contribution in [2.24, 2.45) is 0 Å². The van der Waals surface area contributed by atoms with E-state index in [1.54, 1.807) is 19.5 Å². The molecule has 0 bridgehead atoms. The third-order valence-corrected chi connectivity index (χ3v) is 2.08. The number of methoxy groups -OCH3 is 1. The predicted molar refractivity (Wildman–Crippen MR) is 64.8 cm³/mol. The molecule has 0 spiro atoms. The number of pyridine rings is 1. The van der Waals surface area contributed by atoms with E-state index in [4.69, 9.17) is 9.84 Å². The van der Waals surface area contributed by atoms with Gasteiger partial charge in [0.25, 0.3) is 0 Å². The summed E-state index contributed by atoms with van der Waals surface area (Å²) in [6.45, 7) is 3.37. The molecular formula is C11H19N3O2. The van der Waals surface area contributed by atoms with E-state index >= 15 is 0 Å². The number of hydrogen-bond acceptors (Lipinski definition) is 5. The summed E-state index contributed by atoms with van der Waals surface area (Å²) in [6, 6.07) is 1.85. The zero-order chi connectivity index (χ0) is 11.8. The molecule has 0 amide bonds. The predicted octanol–water partition coefficient (Wildman–Crippen LogP) is 0.933. The maximum absolute atomic E-state index is 9.11. The van der Waals surface area contributed by atoms with Crippen molar-refractivity contribution >= 4 is 11.4 Å². The molecule has 3 N–H and O–H groups in total. The third-order valence-electron chi connectivity index (χ3n) is 2.08. The van der Waals surface area contributed by atoms with E-state index in [1.807, 2.05) is 13.0 Å². The van der Waals surface area contributed by atoms with Crippen LogP contribution in [0.15, 0.2) is 18.5 Å². The highest BCUT2D eigenvalue weighted by Gasteiger charge is 2.06. The molecule has 1 aromatic rings. The molecule has 0 aromatic carbocycles. The Labute approximate surface area is 95.8 Å². The van der Waals surface area contributed by atoms with Gasteiger partial charge < -0.3 is 20.5 Å². The van der Waals surface area contributed by atoms with Crippen LogP contribution in [0.3, 0.4) is 0 Å². The average Bonchev–Trinajstić information content (AvgIpc) is 2.29. The summed E-state index contributed by atoms with van der Waals surface area (Å²) in [6.07, 6.45) is 3.48. The zero-order valence-electron chi connectivity index (χ0n) is 9.73. The van der Waals surface area contributed by atoms with Crippen molar-refractivity contribution in [1.29, 1.82) is 0 Å². The van der Waals surface area contributed by atoms with Crippen LogP contribution in [0.5, 0.6) is 0 Å². The number of nitrogens with zero attached hydrogens (tertiary/aromatic N) is 1. The van der Waals surface area contributed by atoms with Crippen LogP contribution < -0.4 is 10.6 Å². The van der Waals surface area contributed by atoms with Gasteiger partial charge in [0.15, 0.2) is 0 Å². The Balaban J connectivity index is 2.60. The molecule has 0 aliphatic rings. The summed E-state index contributed by atoms with van der Waals surface area (Å²) in [7, 11) is 1.61. The van der Waals surface area contributed by atoms with Gasteiger partial charge in [0.1, 0.15) is 0 Å². The number of hydrogen-bond donors (Lipinski definition) is 3. The van der Waals surface area contributed by atoms with E-state index < -0.39 is 0 Å². The average molecular weight is 225 g/mol. The number of nitrogens with one attached hydrogen (secondary N) is 2. The molecule has 0 saturated carbocycles. The van der Waals surface area contributed by atoms with Crippen LogP contribution in [-0.4, -0.2) is 43.0 Å². The Hall–Kier alpha value is -1.33. The van der Waals surface area contributed by atoms with Crippen molar-refractivity contribution in [3.05, 3.63) is 18.5 Å². The third kappa shape index (κ3) is 4.04. The Bertz CT molecular complexity index is 307. The first-order valence-corrected chi connectivity index (χ1v) is 5.35. The zero-order valence-corrected chi connectivity index (χ0v) is 9.73. The van der Waals surface area contributed by atoms with Crippen LogP contribution in [0.25, 0.3) is 0 Å².